The van der Waals surface area contributed by atoms with Gasteiger partial charge in [-0.1, -0.05) is 457 Å². The predicted octanol–water partition coefficient (Wildman–Crippen LogP) is 24.8. The van der Waals surface area contributed by atoms with E-state index >= 15 is 0 Å². The molecule has 1 heterocycles. The van der Waals surface area contributed by atoms with Gasteiger partial charge in [-0.3, -0.25) is 4.79 Å². The Morgan fingerprint density at radius 3 is 0.763 bits per heavy atom. The van der Waals surface area contributed by atoms with Crippen molar-refractivity contribution in [2.24, 2.45) is 0 Å². The van der Waals surface area contributed by atoms with Crippen LogP contribution >= 0.6 is 0 Å². The number of hydrogen-bond donors (Lipinski definition) is 6. The average Bonchev–Trinajstić information content (AvgIpc) is 1.01. The molecular formula is C84H167NO8. The van der Waals surface area contributed by atoms with Crippen molar-refractivity contribution >= 4 is 5.91 Å². The van der Waals surface area contributed by atoms with Gasteiger partial charge in [0, 0.05) is 6.42 Å². The van der Waals surface area contributed by atoms with Crippen LogP contribution in [-0.4, -0.2) is 87.5 Å². The lowest BCUT2D eigenvalue weighted by Gasteiger charge is -2.40. The van der Waals surface area contributed by atoms with Crippen LogP contribution in [0.15, 0.2) is 0 Å². The molecule has 0 aromatic rings. The summed E-state index contributed by atoms with van der Waals surface area (Å²) in [5.74, 6) is -0.131. The number of hydrogen-bond acceptors (Lipinski definition) is 8. The molecule has 1 aliphatic rings. The molecule has 0 aromatic heterocycles. The van der Waals surface area contributed by atoms with Crippen LogP contribution in [0.4, 0.5) is 0 Å². The van der Waals surface area contributed by atoms with Crippen molar-refractivity contribution in [3.63, 3.8) is 0 Å². The van der Waals surface area contributed by atoms with E-state index in [1.807, 2.05) is 0 Å². The molecule has 0 saturated carbocycles. The highest BCUT2D eigenvalue weighted by atomic mass is 16.7. The summed E-state index contributed by atoms with van der Waals surface area (Å²) in [6.45, 7) is 3.93. The Labute approximate surface area is 580 Å². The van der Waals surface area contributed by atoms with Gasteiger partial charge in [0.1, 0.15) is 24.4 Å². The topological polar surface area (TPSA) is 149 Å². The molecule has 1 fully saturated rings. The van der Waals surface area contributed by atoms with E-state index in [-0.39, 0.29) is 12.5 Å². The highest BCUT2D eigenvalue weighted by Gasteiger charge is 2.44. The maximum Gasteiger partial charge on any atom is 0.220 e. The fraction of sp³-hybridized carbons (Fsp3) is 0.988. The van der Waals surface area contributed by atoms with E-state index in [2.05, 4.69) is 19.2 Å². The molecular weight excluding hydrogens is 1150 g/mol. The van der Waals surface area contributed by atoms with Crippen molar-refractivity contribution in [2.45, 2.75) is 519 Å². The SMILES string of the molecule is CCCCCCCCCCCCCCCCCCCCCCCCCCCCCCCCCCCCCCCC(=O)NC(COC1OC(CO)C(O)C(O)C1O)C(O)CCCCCCCCCCCCCCCCCCCCCCCCCCCCCCCCCCC. The van der Waals surface area contributed by atoms with Crippen LogP contribution in [0.5, 0.6) is 0 Å². The monoisotopic (exact) mass is 1320 g/mol. The number of ether oxygens (including phenoxy) is 2. The van der Waals surface area contributed by atoms with Crippen LogP contribution in [-0.2, 0) is 14.3 Å². The van der Waals surface area contributed by atoms with E-state index in [1.165, 1.54) is 411 Å². The molecule has 6 N–H and O–H groups in total. The minimum absolute atomic E-state index is 0.130. The lowest BCUT2D eigenvalue weighted by molar-refractivity contribution is -0.302. The van der Waals surface area contributed by atoms with Gasteiger partial charge in [0.25, 0.3) is 0 Å². The van der Waals surface area contributed by atoms with Gasteiger partial charge in [0.2, 0.25) is 5.91 Å². The molecule has 93 heavy (non-hydrogen) atoms. The maximum absolute atomic E-state index is 13.2. The van der Waals surface area contributed by atoms with Gasteiger partial charge >= 0.3 is 0 Å². The fourth-order valence-electron chi connectivity index (χ4n) is 14.6. The number of nitrogens with one attached hydrogen (secondary N) is 1. The summed E-state index contributed by atoms with van der Waals surface area (Å²) in [4.78, 5) is 13.2. The summed E-state index contributed by atoms with van der Waals surface area (Å²) < 4.78 is 11.4. The third-order valence-electron chi connectivity index (χ3n) is 21.2. The molecule has 1 amide bonds. The molecule has 556 valence electrons. The molecule has 0 spiro atoms. The zero-order valence-electron chi connectivity index (χ0n) is 62.8. The van der Waals surface area contributed by atoms with Gasteiger partial charge in [-0.15, -0.1) is 0 Å². The van der Waals surface area contributed by atoms with Gasteiger partial charge in [-0.05, 0) is 12.8 Å². The summed E-state index contributed by atoms with van der Waals surface area (Å²) in [6, 6.07) is -0.717. The zero-order valence-corrected chi connectivity index (χ0v) is 62.8. The standard InChI is InChI=1S/C84H167NO8/c1-3-5-7-9-11-13-15-17-19-21-23-25-27-29-31-33-35-37-38-39-40-42-44-46-48-50-52-54-56-58-60-62-64-66-68-70-72-74-80(88)85-77(76-92-84-83(91)82(90)81(89)79(75-86)93-84)78(87)73-71-69-67-65-63-61-59-57-55-53-51-49-47-45-43-41-36-34-32-30-28-26-24-22-20-18-16-14-12-10-8-6-4-2/h77-79,81-84,86-87,89-91H,3-76H2,1-2H3,(H,85,88). The van der Waals surface area contributed by atoms with E-state index < -0.39 is 49.5 Å². The highest BCUT2D eigenvalue weighted by Crippen LogP contribution is 2.25. The second-order valence-electron chi connectivity index (χ2n) is 30.4. The van der Waals surface area contributed by atoms with E-state index in [9.17, 15) is 30.3 Å². The molecule has 9 heteroatoms. The molecule has 0 aromatic carbocycles. The number of rotatable bonds is 78. The lowest BCUT2D eigenvalue weighted by Crippen LogP contribution is -2.60. The minimum Gasteiger partial charge on any atom is -0.394 e. The van der Waals surface area contributed by atoms with Gasteiger partial charge in [-0.25, -0.2) is 0 Å². The van der Waals surface area contributed by atoms with Gasteiger partial charge in [0.15, 0.2) is 6.29 Å². The molecule has 7 unspecified atom stereocenters. The maximum atomic E-state index is 13.2. The van der Waals surface area contributed by atoms with Crippen molar-refractivity contribution in [1.82, 2.24) is 5.32 Å². The summed E-state index contributed by atoms with van der Waals surface area (Å²) in [5.41, 5.74) is 0. The molecule has 1 rings (SSSR count). The van der Waals surface area contributed by atoms with Crippen LogP contribution in [0.1, 0.15) is 476 Å². The van der Waals surface area contributed by atoms with Crippen molar-refractivity contribution in [1.29, 1.82) is 0 Å². The number of carbonyl (C=O) groups is 1. The summed E-state index contributed by atoms with van der Waals surface area (Å²) in [5, 5.41) is 55.2. The quantitative estimate of drug-likeness (QED) is 0.0330. The third-order valence-corrected chi connectivity index (χ3v) is 21.2. The predicted molar refractivity (Wildman–Crippen MR) is 401 cm³/mol. The van der Waals surface area contributed by atoms with Crippen LogP contribution in [0.2, 0.25) is 0 Å². The van der Waals surface area contributed by atoms with Gasteiger partial charge < -0.3 is 40.3 Å². The molecule has 0 radical (unpaired) electrons. The first kappa shape index (κ1) is 90.2. The minimum atomic E-state index is -1.55. The third kappa shape index (κ3) is 62.0. The first-order valence-electron chi connectivity index (χ1n) is 42.7. The summed E-state index contributed by atoms with van der Waals surface area (Å²) in [7, 11) is 0. The van der Waals surface area contributed by atoms with Crippen molar-refractivity contribution in [2.75, 3.05) is 13.2 Å². The Kier molecular flexibility index (Phi) is 71.7. The molecule has 0 bridgehead atoms. The van der Waals surface area contributed by atoms with E-state index in [0.29, 0.717) is 12.8 Å². The van der Waals surface area contributed by atoms with Crippen LogP contribution < -0.4 is 5.32 Å². The molecule has 1 saturated heterocycles. The first-order chi connectivity index (χ1) is 45.8. The van der Waals surface area contributed by atoms with Crippen LogP contribution in [0.3, 0.4) is 0 Å². The van der Waals surface area contributed by atoms with Crippen LogP contribution in [0.25, 0.3) is 0 Å². The number of aliphatic hydroxyl groups is 5. The second-order valence-corrected chi connectivity index (χ2v) is 30.4. The Bertz CT molecular complexity index is 1430. The normalized spacial score (nSPS) is 17.4. The van der Waals surface area contributed by atoms with Crippen LogP contribution in [0, 0.1) is 0 Å². The molecule has 0 aliphatic carbocycles. The molecule has 9 nitrogen and oxygen atoms in total. The second kappa shape index (κ2) is 73.9. The fourth-order valence-corrected chi connectivity index (χ4v) is 14.6. The number of amides is 1. The van der Waals surface area contributed by atoms with Crippen molar-refractivity contribution in [3.05, 3.63) is 0 Å². The highest BCUT2D eigenvalue weighted by molar-refractivity contribution is 5.76. The Morgan fingerprint density at radius 2 is 0.538 bits per heavy atom. The average molecular weight is 1320 g/mol. The number of aliphatic hydroxyl groups excluding tert-OH is 5. The summed E-state index contributed by atoms with van der Waals surface area (Å²) >= 11 is 0. The summed E-state index contributed by atoms with van der Waals surface area (Å²) in [6.07, 6.45) is 89.6. The van der Waals surface area contributed by atoms with E-state index in [4.69, 9.17) is 9.47 Å². The van der Waals surface area contributed by atoms with Gasteiger partial charge in [-0.2, -0.15) is 0 Å². The molecule has 7 atom stereocenters. The molecule has 1 aliphatic heterocycles. The Hall–Kier alpha value is -0.810. The lowest BCUT2D eigenvalue weighted by atomic mass is 9.99. The van der Waals surface area contributed by atoms with Crippen molar-refractivity contribution in [3.8, 4) is 0 Å². The Morgan fingerprint density at radius 1 is 0.323 bits per heavy atom. The number of unbranched alkanes of at least 4 members (excludes halogenated alkanes) is 68. The van der Waals surface area contributed by atoms with Gasteiger partial charge in [0.05, 0.1) is 25.4 Å². The largest absolute Gasteiger partial charge is 0.394 e. The smallest absolute Gasteiger partial charge is 0.220 e. The zero-order chi connectivity index (χ0) is 67.1. The van der Waals surface area contributed by atoms with E-state index in [1.54, 1.807) is 0 Å². The first-order valence-corrected chi connectivity index (χ1v) is 42.7. The number of carbonyl (C=O) groups excluding carboxylic acids is 1. The van der Waals surface area contributed by atoms with E-state index in [0.717, 1.165) is 38.5 Å². The Balaban J connectivity index is 2.01. The van der Waals surface area contributed by atoms with Crippen molar-refractivity contribution < 1.29 is 39.8 Å².